The molecule has 8 heteroatoms. The van der Waals surface area contributed by atoms with Crippen molar-refractivity contribution in [2.75, 3.05) is 17.3 Å². The molecule has 1 aromatic rings. The molecule has 0 unspecified atom stereocenters. The van der Waals surface area contributed by atoms with Crippen LogP contribution >= 0.6 is 23.4 Å². The van der Waals surface area contributed by atoms with Gasteiger partial charge >= 0.3 is 0 Å². The predicted octanol–water partition coefficient (Wildman–Crippen LogP) is 2.27. The Bertz CT molecular complexity index is 484. The number of nitrogens with two attached hydrogens (primary N) is 1. The molecule has 1 aromatic carbocycles. The van der Waals surface area contributed by atoms with Gasteiger partial charge in [0.25, 0.3) is 5.69 Å². The average molecular weight is 304 g/mol. The first-order chi connectivity index (χ1) is 8.95. The molecule has 19 heavy (non-hydrogen) atoms. The first-order valence-corrected chi connectivity index (χ1v) is 7.22. The maximum absolute atomic E-state index is 11.8. The number of benzene rings is 1. The van der Waals surface area contributed by atoms with E-state index in [2.05, 4.69) is 5.32 Å². The molecule has 1 amide bonds. The standard InChI is InChI=1S/C11H14ClN3O3S/c1-19-5-4-8(13)11(16)14-9-3-2-7(12)6-10(9)15(17)18/h2-3,6,8H,4-5,13H2,1H3,(H,14,16)/t8-/m0/s1. The van der Waals surface area contributed by atoms with E-state index in [0.29, 0.717) is 6.42 Å². The number of nitrogens with zero attached hydrogens (tertiary/aromatic N) is 1. The Labute approximate surface area is 119 Å². The van der Waals surface area contributed by atoms with Crippen molar-refractivity contribution in [3.05, 3.63) is 33.3 Å². The van der Waals surface area contributed by atoms with E-state index in [0.717, 1.165) is 5.75 Å². The second-order valence-corrected chi connectivity index (χ2v) is 5.22. The Balaban J connectivity index is 2.81. The Morgan fingerprint density at radius 2 is 2.32 bits per heavy atom. The maximum Gasteiger partial charge on any atom is 0.294 e. The zero-order valence-electron chi connectivity index (χ0n) is 10.3. The number of thioether (sulfide) groups is 1. The minimum atomic E-state index is -0.692. The number of hydrogen-bond acceptors (Lipinski definition) is 5. The van der Waals surface area contributed by atoms with Crippen LogP contribution in [0.4, 0.5) is 11.4 Å². The van der Waals surface area contributed by atoms with Crippen LogP contribution in [0.15, 0.2) is 18.2 Å². The van der Waals surface area contributed by atoms with E-state index < -0.39 is 16.9 Å². The lowest BCUT2D eigenvalue weighted by molar-refractivity contribution is -0.383. The second-order valence-electron chi connectivity index (χ2n) is 3.80. The molecule has 0 saturated carbocycles. The largest absolute Gasteiger partial charge is 0.320 e. The molecule has 6 nitrogen and oxygen atoms in total. The van der Waals surface area contributed by atoms with Crippen LogP contribution in [0.5, 0.6) is 0 Å². The predicted molar refractivity (Wildman–Crippen MR) is 77.7 cm³/mol. The zero-order valence-corrected chi connectivity index (χ0v) is 11.8. The van der Waals surface area contributed by atoms with Gasteiger partial charge in [-0.05, 0) is 30.6 Å². The highest BCUT2D eigenvalue weighted by Crippen LogP contribution is 2.27. The number of carbonyl (C=O) groups is 1. The summed E-state index contributed by atoms with van der Waals surface area (Å²) in [7, 11) is 0. The number of nitro groups is 1. The molecule has 0 spiro atoms. The maximum atomic E-state index is 11.8. The van der Waals surface area contributed by atoms with E-state index in [4.69, 9.17) is 17.3 Å². The minimum absolute atomic E-state index is 0.0963. The van der Waals surface area contributed by atoms with Crippen LogP contribution in [0, 0.1) is 10.1 Å². The number of anilines is 1. The highest BCUT2D eigenvalue weighted by atomic mass is 35.5. The summed E-state index contributed by atoms with van der Waals surface area (Å²) >= 11 is 7.26. The van der Waals surface area contributed by atoms with Gasteiger partial charge in [-0.15, -0.1) is 0 Å². The molecule has 0 fully saturated rings. The van der Waals surface area contributed by atoms with Crippen LogP contribution < -0.4 is 11.1 Å². The lowest BCUT2D eigenvalue weighted by atomic mass is 10.2. The minimum Gasteiger partial charge on any atom is -0.320 e. The molecule has 0 aliphatic rings. The van der Waals surface area contributed by atoms with E-state index >= 15 is 0 Å². The third kappa shape index (κ3) is 4.70. The van der Waals surface area contributed by atoms with Crippen molar-refractivity contribution in [1.82, 2.24) is 0 Å². The van der Waals surface area contributed by atoms with E-state index in [-0.39, 0.29) is 16.4 Å². The quantitative estimate of drug-likeness (QED) is 0.620. The number of halogens is 1. The number of nitrogens with one attached hydrogen (secondary N) is 1. The average Bonchev–Trinajstić information content (AvgIpc) is 2.37. The van der Waals surface area contributed by atoms with Gasteiger partial charge in [-0.1, -0.05) is 11.6 Å². The highest BCUT2D eigenvalue weighted by Gasteiger charge is 2.19. The molecule has 0 aliphatic heterocycles. The van der Waals surface area contributed by atoms with Gasteiger partial charge in [0.2, 0.25) is 5.91 Å². The van der Waals surface area contributed by atoms with Crippen LogP contribution in [0.1, 0.15) is 6.42 Å². The van der Waals surface area contributed by atoms with E-state index in [1.54, 1.807) is 11.8 Å². The summed E-state index contributed by atoms with van der Waals surface area (Å²) in [5, 5.41) is 13.5. The SMILES string of the molecule is CSCC[C@H](N)C(=O)Nc1ccc(Cl)cc1[N+](=O)[O-]. The van der Waals surface area contributed by atoms with Crippen LogP contribution in [-0.2, 0) is 4.79 Å². The number of amides is 1. The first kappa shape index (κ1) is 15.7. The van der Waals surface area contributed by atoms with Gasteiger partial charge in [0.05, 0.1) is 11.0 Å². The molecular formula is C11H14ClN3O3S. The van der Waals surface area contributed by atoms with Gasteiger partial charge in [0.1, 0.15) is 5.69 Å². The second kappa shape index (κ2) is 7.32. The van der Waals surface area contributed by atoms with Crippen LogP contribution in [0.2, 0.25) is 5.02 Å². The molecule has 3 N–H and O–H groups in total. The van der Waals surface area contributed by atoms with Crippen LogP contribution in [0.3, 0.4) is 0 Å². The molecule has 0 saturated heterocycles. The van der Waals surface area contributed by atoms with E-state index in [1.807, 2.05) is 6.26 Å². The molecule has 1 rings (SSSR count). The van der Waals surface area contributed by atoms with E-state index in [1.165, 1.54) is 18.2 Å². The lowest BCUT2D eigenvalue weighted by Gasteiger charge is -2.11. The Hall–Kier alpha value is -1.31. The van der Waals surface area contributed by atoms with Crippen molar-refractivity contribution in [2.45, 2.75) is 12.5 Å². The van der Waals surface area contributed by atoms with Crippen LogP contribution in [0.25, 0.3) is 0 Å². The molecule has 0 radical (unpaired) electrons. The zero-order chi connectivity index (χ0) is 14.4. The fraction of sp³-hybridized carbons (Fsp3) is 0.364. The Morgan fingerprint density at radius 3 is 2.89 bits per heavy atom. The highest BCUT2D eigenvalue weighted by molar-refractivity contribution is 7.98. The number of nitro benzene ring substituents is 1. The van der Waals surface area contributed by atoms with Gasteiger partial charge in [-0.2, -0.15) is 11.8 Å². The number of hydrogen-bond donors (Lipinski definition) is 2. The van der Waals surface area contributed by atoms with Crippen molar-refractivity contribution in [3.63, 3.8) is 0 Å². The topological polar surface area (TPSA) is 98.3 Å². The molecule has 0 aliphatic carbocycles. The van der Waals surface area contributed by atoms with Gasteiger partial charge in [0, 0.05) is 11.1 Å². The number of rotatable bonds is 6. The third-order valence-corrected chi connectivity index (χ3v) is 3.26. The monoisotopic (exact) mass is 303 g/mol. The smallest absolute Gasteiger partial charge is 0.294 e. The van der Waals surface area contributed by atoms with Crippen molar-refractivity contribution in [1.29, 1.82) is 0 Å². The summed E-state index contributed by atoms with van der Waals surface area (Å²) in [6, 6.07) is 3.35. The fourth-order valence-electron chi connectivity index (χ4n) is 1.36. The van der Waals surface area contributed by atoms with Gasteiger partial charge in [-0.25, -0.2) is 0 Å². The first-order valence-electron chi connectivity index (χ1n) is 5.45. The molecule has 0 aromatic heterocycles. The summed E-state index contributed by atoms with van der Waals surface area (Å²) in [4.78, 5) is 22.0. The lowest BCUT2D eigenvalue weighted by Crippen LogP contribution is -2.36. The fourth-order valence-corrected chi connectivity index (χ4v) is 2.02. The molecular weight excluding hydrogens is 290 g/mol. The van der Waals surface area contributed by atoms with Crippen molar-refractivity contribution in [3.8, 4) is 0 Å². The summed E-state index contributed by atoms with van der Waals surface area (Å²) in [6.07, 6.45) is 2.42. The Kier molecular flexibility index (Phi) is 6.07. The third-order valence-electron chi connectivity index (χ3n) is 2.38. The van der Waals surface area contributed by atoms with Gasteiger partial charge in [0.15, 0.2) is 0 Å². The Morgan fingerprint density at radius 1 is 1.63 bits per heavy atom. The van der Waals surface area contributed by atoms with Crippen LogP contribution in [-0.4, -0.2) is 28.9 Å². The molecule has 1 atom stereocenters. The van der Waals surface area contributed by atoms with Crippen molar-refractivity contribution in [2.24, 2.45) is 5.73 Å². The van der Waals surface area contributed by atoms with Gasteiger partial charge < -0.3 is 11.1 Å². The summed E-state index contributed by atoms with van der Waals surface area (Å²) in [6.45, 7) is 0. The van der Waals surface area contributed by atoms with E-state index in [9.17, 15) is 14.9 Å². The summed E-state index contributed by atoms with van der Waals surface area (Å²) in [5.41, 5.74) is 5.53. The number of carbonyl (C=O) groups excluding carboxylic acids is 1. The van der Waals surface area contributed by atoms with Crippen molar-refractivity contribution >= 4 is 40.6 Å². The molecule has 104 valence electrons. The van der Waals surface area contributed by atoms with Gasteiger partial charge in [-0.3, -0.25) is 14.9 Å². The summed E-state index contributed by atoms with van der Waals surface area (Å²) in [5.74, 6) is 0.302. The normalized spacial score (nSPS) is 11.9. The molecule has 0 heterocycles. The summed E-state index contributed by atoms with van der Waals surface area (Å²) < 4.78 is 0. The van der Waals surface area contributed by atoms with Crippen molar-refractivity contribution < 1.29 is 9.72 Å². The molecule has 0 bridgehead atoms.